The number of hydrogen-bond donors (Lipinski definition) is 0. The van der Waals surface area contributed by atoms with E-state index in [0.717, 1.165) is 23.2 Å². The molecule has 1 atom stereocenters. The van der Waals surface area contributed by atoms with Crippen molar-refractivity contribution >= 4 is 6.09 Å². The summed E-state index contributed by atoms with van der Waals surface area (Å²) in [6.45, 7) is 1.48. The highest BCUT2D eigenvalue weighted by molar-refractivity contribution is 5.68. The first kappa shape index (κ1) is 16.2. The maximum Gasteiger partial charge on any atom is 0.410 e. The number of hydrogen-bond acceptors (Lipinski definition) is 6. The van der Waals surface area contributed by atoms with Crippen molar-refractivity contribution in [3.8, 4) is 11.3 Å². The van der Waals surface area contributed by atoms with E-state index in [4.69, 9.17) is 4.74 Å². The minimum atomic E-state index is -0.298. The first-order valence-corrected chi connectivity index (χ1v) is 8.42. The van der Waals surface area contributed by atoms with Gasteiger partial charge in [-0.15, -0.1) is 5.10 Å². The summed E-state index contributed by atoms with van der Waals surface area (Å²) < 4.78 is 7.19. The van der Waals surface area contributed by atoms with Gasteiger partial charge in [0.05, 0.1) is 12.2 Å². The van der Waals surface area contributed by atoms with Crippen molar-refractivity contribution in [1.29, 1.82) is 0 Å². The monoisotopic (exact) mass is 350 g/mol. The molecule has 0 bridgehead atoms. The van der Waals surface area contributed by atoms with E-state index in [0.29, 0.717) is 13.1 Å². The summed E-state index contributed by atoms with van der Waals surface area (Å²) in [4.78, 5) is 22.0. The van der Waals surface area contributed by atoms with E-state index in [1.165, 1.54) is 6.33 Å². The Morgan fingerprint density at radius 2 is 2.00 bits per heavy atom. The highest BCUT2D eigenvalue weighted by Crippen LogP contribution is 2.23. The third-order valence-corrected chi connectivity index (χ3v) is 4.37. The molecule has 1 saturated heterocycles. The van der Waals surface area contributed by atoms with Gasteiger partial charge in [-0.25, -0.2) is 19.4 Å². The average molecular weight is 350 g/mol. The molecule has 8 nitrogen and oxygen atoms in total. The second-order valence-electron chi connectivity index (χ2n) is 6.14. The van der Waals surface area contributed by atoms with E-state index in [1.807, 2.05) is 36.5 Å². The second kappa shape index (κ2) is 7.30. The molecule has 0 N–H and O–H groups in total. The summed E-state index contributed by atoms with van der Waals surface area (Å²) in [7, 11) is 0. The van der Waals surface area contributed by atoms with Gasteiger partial charge in [0.1, 0.15) is 18.6 Å². The molecule has 3 heterocycles. The van der Waals surface area contributed by atoms with E-state index < -0.39 is 0 Å². The molecule has 0 spiro atoms. The van der Waals surface area contributed by atoms with Crippen LogP contribution in [0.1, 0.15) is 18.0 Å². The minimum Gasteiger partial charge on any atom is -0.445 e. The van der Waals surface area contributed by atoms with Gasteiger partial charge in [-0.3, -0.25) is 0 Å². The smallest absolute Gasteiger partial charge is 0.410 e. The van der Waals surface area contributed by atoms with Crippen LogP contribution in [0.3, 0.4) is 0 Å². The van der Waals surface area contributed by atoms with E-state index >= 15 is 0 Å². The third kappa shape index (κ3) is 3.53. The number of ether oxygens (including phenoxy) is 1. The van der Waals surface area contributed by atoms with Crippen molar-refractivity contribution in [2.75, 3.05) is 13.1 Å². The summed E-state index contributed by atoms with van der Waals surface area (Å²) in [5, 5.41) is 8.37. The number of likely N-dealkylation sites (tertiary alicyclic amines) is 1. The molecule has 26 heavy (non-hydrogen) atoms. The number of rotatable bonds is 4. The van der Waals surface area contributed by atoms with E-state index in [1.54, 1.807) is 22.0 Å². The minimum absolute atomic E-state index is 0.0881. The topological polar surface area (TPSA) is 86.0 Å². The highest BCUT2D eigenvalue weighted by atomic mass is 16.6. The normalized spacial score (nSPS) is 16.6. The first-order valence-electron chi connectivity index (χ1n) is 8.42. The largest absolute Gasteiger partial charge is 0.445 e. The Hall–Kier alpha value is -3.29. The Morgan fingerprint density at radius 3 is 2.81 bits per heavy atom. The maximum atomic E-state index is 12.3. The molecule has 8 heteroatoms. The number of aromatic nitrogens is 5. The van der Waals surface area contributed by atoms with Gasteiger partial charge in [-0.2, -0.15) is 0 Å². The zero-order valence-electron chi connectivity index (χ0n) is 14.1. The SMILES string of the molecule is O=C(OCc1ccccc1)N1CCC(n2cc(-c3cncnc3)nn2)C1. The Labute approximate surface area is 150 Å². The van der Waals surface area contributed by atoms with Crippen molar-refractivity contribution < 1.29 is 9.53 Å². The van der Waals surface area contributed by atoms with Crippen LogP contribution >= 0.6 is 0 Å². The van der Waals surface area contributed by atoms with Gasteiger partial charge < -0.3 is 9.64 Å². The zero-order chi connectivity index (χ0) is 17.8. The van der Waals surface area contributed by atoms with Crippen LogP contribution in [0, 0.1) is 0 Å². The van der Waals surface area contributed by atoms with E-state index in [2.05, 4.69) is 20.3 Å². The Balaban J connectivity index is 1.35. The number of carbonyl (C=O) groups excluding carboxylic acids is 1. The van der Waals surface area contributed by atoms with Crippen LogP contribution in [0.5, 0.6) is 0 Å². The predicted octanol–water partition coefficient (Wildman–Crippen LogP) is 2.32. The lowest BCUT2D eigenvalue weighted by atomic mass is 10.2. The quantitative estimate of drug-likeness (QED) is 0.718. The lowest BCUT2D eigenvalue weighted by molar-refractivity contribution is 0.103. The molecule has 2 aromatic heterocycles. The van der Waals surface area contributed by atoms with E-state index in [9.17, 15) is 4.79 Å². The molecule has 0 aliphatic carbocycles. The van der Waals surface area contributed by atoms with Gasteiger partial charge in [0.2, 0.25) is 0 Å². The van der Waals surface area contributed by atoms with Crippen LogP contribution in [-0.4, -0.2) is 49.0 Å². The number of nitrogens with zero attached hydrogens (tertiary/aromatic N) is 6. The van der Waals surface area contributed by atoms with Crippen LogP contribution in [0.4, 0.5) is 4.79 Å². The lowest BCUT2D eigenvalue weighted by Gasteiger charge is -2.16. The summed E-state index contributed by atoms with van der Waals surface area (Å²) in [5.74, 6) is 0. The fourth-order valence-corrected chi connectivity index (χ4v) is 2.95. The van der Waals surface area contributed by atoms with Crippen molar-refractivity contribution in [3.05, 3.63) is 60.8 Å². The highest BCUT2D eigenvalue weighted by Gasteiger charge is 2.29. The van der Waals surface area contributed by atoms with Crippen LogP contribution in [0.25, 0.3) is 11.3 Å². The molecule has 1 unspecified atom stereocenters. The van der Waals surface area contributed by atoms with Gasteiger partial charge in [0.15, 0.2) is 0 Å². The molecule has 1 fully saturated rings. The van der Waals surface area contributed by atoms with Gasteiger partial charge >= 0.3 is 6.09 Å². The standard InChI is InChI=1S/C18H18N6O2/c25-18(26-12-14-4-2-1-3-5-14)23-7-6-16(10-23)24-11-17(21-22-24)15-8-19-13-20-9-15/h1-5,8-9,11,13,16H,6-7,10,12H2. The van der Waals surface area contributed by atoms with Crippen molar-refractivity contribution in [3.63, 3.8) is 0 Å². The summed E-state index contributed by atoms with van der Waals surface area (Å²) in [6, 6.07) is 9.74. The third-order valence-electron chi connectivity index (χ3n) is 4.37. The fourth-order valence-electron chi connectivity index (χ4n) is 2.95. The Morgan fingerprint density at radius 1 is 1.19 bits per heavy atom. The molecular weight excluding hydrogens is 332 g/mol. The lowest BCUT2D eigenvalue weighted by Crippen LogP contribution is -2.29. The molecule has 0 radical (unpaired) electrons. The fraction of sp³-hybridized carbons (Fsp3) is 0.278. The van der Waals surface area contributed by atoms with Gasteiger partial charge in [0, 0.05) is 31.0 Å². The Bertz CT molecular complexity index is 868. The van der Waals surface area contributed by atoms with Crippen LogP contribution in [0.2, 0.25) is 0 Å². The summed E-state index contributed by atoms with van der Waals surface area (Å²) in [5.41, 5.74) is 2.51. The van der Waals surface area contributed by atoms with Gasteiger partial charge in [0.25, 0.3) is 0 Å². The van der Waals surface area contributed by atoms with Gasteiger partial charge in [-0.1, -0.05) is 35.5 Å². The number of benzene rings is 1. The molecule has 4 rings (SSSR count). The summed E-state index contributed by atoms with van der Waals surface area (Å²) >= 11 is 0. The Kier molecular flexibility index (Phi) is 4.55. The van der Waals surface area contributed by atoms with Crippen LogP contribution in [0.15, 0.2) is 55.2 Å². The number of amides is 1. The summed E-state index contributed by atoms with van der Waals surface area (Å²) in [6.07, 6.45) is 7.25. The molecular formula is C18H18N6O2. The predicted molar refractivity (Wildman–Crippen MR) is 92.9 cm³/mol. The van der Waals surface area contributed by atoms with Crippen LogP contribution in [-0.2, 0) is 11.3 Å². The maximum absolute atomic E-state index is 12.3. The average Bonchev–Trinajstić information content (AvgIpc) is 3.37. The molecule has 0 saturated carbocycles. The molecule has 132 valence electrons. The van der Waals surface area contributed by atoms with Crippen molar-refractivity contribution in [2.45, 2.75) is 19.1 Å². The molecule has 1 amide bonds. The number of carbonyl (C=O) groups is 1. The first-order chi connectivity index (χ1) is 12.8. The zero-order valence-corrected chi connectivity index (χ0v) is 14.1. The molecule has 1 aliphatic heterocycles. The van der Waals surface area contributed by atoms with Crippen LogP contribution < -0.4 is 0 Å². The van der Waals surface area contributed by atoms with Gasteiger partial charge in [-0.05, 0) is 12.0 Å². The molecule has 1 aliphatic rings. The van der Waals surface area contributed by atoms with Crippen molar-refractivity contribution in [2.24, 2.45) is 0 Å². The molecule has 1 aromatic carbocycles. The van der Waals surface area contributed by atoms with Crippen molar-refractivity contribution in [1.82, 2.24) is 29.9 Å². The van der Waals surface area contributed by atoms with E-state index in [-0.39, 0.29) is 18.7 Å². The molecule has 3 aromatic rings. The second-order valence-corrected chi connectivity index (χ2v) is 6.14.